The molecule has 2 aromatic rings. The van der Waals surface area contributed by atoms with E-state index in [1.165, 1.54) is 0 Å². The van der Waals surface area contributed by atoms with Crippen molar-refractivity contribution >= 4 is 34.6 Å². The van der Waals surface area contributed by atoms with Crippen LogP contribution in [-0.4, -0.2) is 130 Å². The zero-order valence-electron chi connectivity index (χ0n) is 35.5. The van der Waals surface area contributed by atoms with E-state index in [0.29, 0.717) is 35.4 Å². The topological polar surface area (TPSA) is 190 Å². The first-order chi connectivity index (χ1) is 27.4. The van der Waals surface area contributed by atoms with Crippen LogP contribution in [0.1, 0.15) is 86.8 Å². The van der Waals surface area contributed by atoms with Crippen LogP contribution in [0.4, 0.5) is 0 Å². The number of aliphatic hydroxyl groups is 1. The van der Waals surface area contributed by atoms with Crippen molar-refractivity contribution in [3.8, 4) is 0 Å². The highest BCUT2D eigenvalue weighted by Crippen LogP contribution is 2.46. The number of likely N-dealkylation sites (N-methyl/N-ethyl adjacent to an activating group) is 1. The number of ether oxygens (including phenoxy) is 6. The van der Waals surface area contributed by atoms with Crippen LogP contribution in [0, 0.1) is 29.6 Å². The monoisotopic (exact) mass is 811 g/mol. The molecular formula is C42H61N5O11. The normalized spacial score (nSPS) is 40.0. The minimum absolute atomic E-state index is 0.0109. The molecule has 2 aromatic heterocycles. The van der Waals surface area contributed by atoms with Crippen molar-refractivity contribution < 1.29 is 52.7 Å². The maximum atomic E-state index is 14.5. The molecule has 4 fully saturated rings. The highest BCUT2D eigenvalue weighted by atomic mass is 16.7. The SMILES string of the molecule is CC[C@H]1OC(=O)[C@H](C)[C@H]2OC/C(=N/OCc3cnc4cccnc4n3)CO[C@](C)(C[C@@H](C)C(=O)[C@H](C)[C@@H]3CC(=O)O[C@]13C)[C@H](O[C@@H]1O[C@H](C)C[C@H](N(C)C)[C@H]1O)[C@@H]2C. The summed E-state index contributed by atoms with van der Waals surface area (Å²) in [7, 11) is 3.80. The number of carbonyl (C=O) groups excluding carboxylic acids is 3. The second kappa shape index (κ2) is 17.9. The van der Waals surface area contributed by atoms with E-state index in [4.69, 9.17) is 33.3 Å². The van der Waals surface area contributed by atoms with Gasteiger partial charge in [0.25, 0.3) is 0 Å². The lowest BCUT2D eigenvalue weighted by molar-refractivity contribution is -0.302. The third-order valence-electron chi connectivity index (χ3n) is 12.8. The number of pyridine rings is 1. The smallest absolute Gasteiger partial charge is 0.311 e. The average Bonchev–Trinajstić information content (AvgIpc) is 3.52. The molecule has 0 aromatic carbocycles. The highest BCUT2D eigenvalue weighted by Gasteiger charge is 2.57. The number of carbonyl (C=O) groups is 3. The Labute approximate surface area is 340 Å². The van der Waals surface area contributed by atoms with Gasteiger partial charge in [0.15, 0.2) is 18.5 Å². The number of cyclic esters (lactones) is 1. The number of ketones is 1. The van der Waals surface area contributed by atoms with Gasteiger partial charge < -0.3 is 43.3 Å². The summed E-state index contributed by atoms with van der Waals surface area (Å²) >= 11 is 0. The van der Waals surface area contributed by atoms with Crippen molar-refractivity contribution in [3.05, 3.63) is 30.2 Å². The molecule has 0 radical (unpaired) electrons. The Bertz CT molecular complexity index is 1830. The predicted molar refractivity (Wildman–Crippen MR) is 210 cm³/mol. The Morgan fingerprint density at radius 3 is 2.53 bits per heavy atom. The highest BCUT2D eigenvalue weighted by molar-refractivity contribution is 5.87. The van der Waals surface area contributed by atoms with Crippen molar-refractivity contribution in [1.29, 1.82) is 0 Å². The van der Waals surface area contributed by atoms with Crippen LogP contribution in [0.5, 0.6) is 0 Å². The lowest BCUT2D eigenvalue weighted by Crippen LogP contribution is -2.60. The molecule has 6 heterocycles. The number of Topliss-reactive ketones (excluding diaryl/α,β-unsaturated/α-hetero) is 1. The largest absolute Gasteiger partial charge is 0.458 e. The van der Waals surface area contributed by atoms with Gasteiger partial charge in [0.2, 0.25) is 0 Å². The number of aromatic nitrogens is 3. The van der Waals surface area contributed by atoms with Crippen LogP contribution in [0.2, 0.25) is 0 Å². The Morgan fingerprint density at radius 2 is 1.81 bits per heavy atom. The third-order valence-corrected chi connectivity index (χ3v) is 12.8. The molecule has 4 aliphatic heterocycles. The quantitative estimate of drug-likeness (QED) is 0.311. The number of oxime groups is 1. The third kappa shape index (κ3) is 9.06. The number of hydrogen-bond donors (Lipinski definition) is 1. The van der Waals surface area contributed by atoms with Gasteiger partial charge in [0.1, 0.15) is 40.5 Å². The van der Waals surface area contributed by atoms with Crippen molar-refractivity contribution in [2.24, 2.45) is 34.7 Å². The molecule has 0 amide bonds. The molecule has 320 valence electrons. The van der Waals surface area contributed by atoms with Crippen LogP contribution in [0.15, 0.2) is 29.7 Å². The molecule has 58 heavy (non-hydrogen) atoms. The molecule has 16 heteroatoms. The van der Waals surface area contributed by atoms with Crippen LogP contribution < -0.4 is 0 Å². The van der Waals surface area contributed by atoms with E-state index in [1.807, 2.05) is 66.6 Å². The van der Waals surface area contributed by atoms with Crippen molar-refractivity contribution in [2.75, 3.05) is 27.3 Å². The van der Waals surface area contributed by atoms with E-state index in [0.717, 1.165) is 0 Å². The molecule has 1 N–H and O–H groups in total. The lowest BCUT2D eigenvalue weighted by Gasteiger charge is -2.48. The summed E-state index contributed by atoms with van der Waals surface area (Å²) in [6, 6.07) is 3.34. The predicted octanol–water partition coefficient (Wildman–Crippen LogP) is 4.04. The van der Waals surface area contributed by atoms with Gasteiger partial charge in [-0.3, -0.25) is 19.4 Å². The Kier molecular flexibility index (Phi) is 13.5. The van der Waals surface area contributed by atoms with Gasteiger partial charge in [-0.15, -0.1) is 0 Å². The molecular weight excluding hydrogens is 750 g/mol. The Balaban J connectivity index is 1.40. The summed E-state index contributed by atoms with van der Waals surface area (Å²) in [5.74, 6) is -4.33. The fraction of sp³-hybridized carbons (Fsp3) is 0.738. The molecule has 0 aliphatic carbocycles. The zero-order valence-corrected chi connectivity index (χ0v) is 35.5. The van der Waals surface area contributed by atoms with Crippen LogP contribution in [0.25, 0.3) is 11.2 Å². The maximum Gasteiger partial charge on any atom is 0.311 e. The summed E-state index contributed by atoms with van der Waals surface area (Å²) in [6.07, 6.45) is -0.538. The minimum atomic E-state index is -1.25. The number of hydrogen-bond acceptors (Lipinski definition) is 16. The van der Waals surface area contributed by atoms with Gasteiger partial charge in [-0.05, 0) is 73.2 Å². The van der Waals surface area contributed by atoms with E-state index in [9.17, 15) is 19.5 Å². The van der Waals surface area contributed by atoms with Crippen molar-refractivity contribution in [3.63, 3.8) is 0 Å². The van der Waals surface area contributed by atoms with Crippen LogP contribution >= 0.6 is 0 Å². The molecule has 4 aliphatic rings. The molecule has 0 unspecified atom stereocenters. The number of esters is 2. The second-order valence-electron chi connectivity index (χ2n) is 17.4. The first-order valence-electron chi connectivity index (χ1n) is 20.6. The second-order valence-corrected chi connectivity index (χ2v) is 17.4. The van der Waals surface area contributed by atoms with Crippen molar-refractivity contribution in [1.82, 2.24) is 19.9 Å². The molecule has 2 bridgehead atoms. The van der Waals surface area contributed by atoms with E-state index in [1.54, 1.807) is 32.3 Å². The maximum absolute atomic E-state index is 14.5. The van der Waals surface area contributed by atoms with Gasteiger partial charge in [-0.25, -0.2) is 9.97 Å². The standard InChI is InChI=1S/C42H61N5O11/c1-11-32-42(8)29(16-33(48)58-42)24(4)34(49)22(2)17-41(7)37(57-40-35(50)31(47(9)10)15-23(3)55-40)25(5)36(26(6)39(51)56-32)52-19-28(20-53-41)46-54-21-27-18-44-30-13-12-14-43-38(30)45-27/h12-14,18,22-26,29,31-32,35-37,40,50H,11,15-17,19-21H2,1-10H3/b46-28-/t22-,23-,24-,25-,26-,29+,31+,32-,35-,36+,37-,40+,41-,42+/m1/s1. The zero-order chi connectivity index (χ0) is 42.1. The van der Waals surface area contributed by atoms with Crippen LogP contribution in [-0.2, 0) is 54.2 Å². The van der Waals surface area contributed by atoms with E-state index >= 15 is 0 Å². The van der Waals surface area contributed by atoms with Gasteiger partial charge in [-0.2, -0.15) is 0 Å². The van der Waals surface area contributed by atoms with Gasteiger partial charge in [-0.1, -0.05) is 32.9 Å². The summed E-state index contributed by atoms with van der Waals surface area (Å²) in [5.41, 5.74) is -0.454. The van der Waals surface area contributed by atoms with E-state index in [-0.39, 0.29) is 50.6 Å². The molecule has 0 spiro atoms. The fourth-order valence-corrected chi connectivity index (χ4v) is 9.55. The van der Waals surface area contributed by atoms with Gasteiger partial charge in [0, 0.05) is 35.9 Å². The Hall–Kier alpha value is -3.67. The van der Waals surface area contributed by atoms with Gasteiger partial charge >= 0.3 is 11.9 Å². The summed E-state index contributed by atoms with van der Waals surface area (Å²) in [4.78, 5) is 62.8. The minimum Gasteiger partial charge on any atom is -0.458 e. The van der Waals surface area contributed by atoms with Gasteiger partial charge in [0.05, 0.1) is 55.7 Å². The first kappa shape index (κ1) is 43.9. The van der Waals surface area contributed by atoms with E-state index in [2.05, 4.69) is 20.1 Å². The van der Waals surface area contributed by atoms with E-state index < -0.39 is 83.4 Å². The number of rotatable bonds is 7. The fourth-order valence-electron chi connectivity index (χ4n) is 9.55. The molecule has 14 atom stereocenters. The Morgan fingerprint density at radius 1 is 1.05 bits per heavy atom. The average molecular weight is 812 g/mol. The molecule has 16 nitrogen and oxygen atoms in total. The number of fused-ring (bicyclic) bond motifs is 5. The number of nitrogens with zero attached hydrogens (tertiary/aromatic N) is 5. The molecule has 0 saturated carbocycles. The number of aliphatic hydroxyl groups excluding tert-OH is 1. The van der Waals surface area contributed by atoms with Crippen LogP contribution in [0.3, 0.4) is 0 Å². The lowest BCUT2D eigenvalue weighted by atomic mass is 9.70. The summed E-state index contributed by atoms with van der Waals surface area (Å²) in [6.45, 7) is 14.6. The van der Waals surface area contributed by atoms with Crippen molar-refractivity contribution in [2.45, 2.75) is 142 Å². The molecule has 4 saturated heterocycles. The summed E-state index contributed by atoms with van der Waals surface area (Å²) < 4.78 is 38.9. The first-order valence-corrected chi connectivity index (χ1v) is 20.6. The molecule has 6 rings (SSSR count). The summed E-state index contributed by atoms with van der Waals surface area (Å²) in [5, 5.41) is 16.1.